The van der Waals surface area contributed by atoms with Crippen LogP contribution in [0.15, 0.2) is 34.9 Å². The largest absolute Gasteiger partial charge is 0.368 e. The Morgan fingerprint density at radius 2 is 1.91 bits per heavy atom. The fourth-order valence-corrected chi connectivity index (χ4v) is 4.08. The fourth-order valence-electron chi connectivity index (χ4n) is 3.86. The van der Waals surface area contributed by atoms with Crippen molar-refractivity contribution in [1.29, 1.82) is 0 Å². The molecular weight excluding hydrogens is 428 g/mol. The molecule has 1 amide bonds. The molecule has 0 unspecified atom stereocenters. The molecule has 1 aliphatic rings. The first-order valence-electron chi connectivity index (χ1n) is 10.9. The summed E-state index contributed by atoms with van der Waals surface area (Å²) in [5.41, 5.74) is 1.50. The van der Waals surface area contributed by atoms with Crippen LogP contribution in [-0.4, -0.2) is 47.2 Å². The van der Waals surface area contributed by atoms with E-state index in [2.05, 4.69) is 30.7 Å². The van der Waals surface area contributed by atoms with Crippen LogP contribution in [-0.2, 0) is 0 Å². The molecule has 0 saturated carbocycles. The number of aromatic nitrogens is 3. The third-order valence-corrected chi connectivity index (χ3v) is 5.77. The number of aryl methyl sites for hydroxylation is 2. The lowest BCUT2D eigenvalue weighted by Gasteiger charge is -2.28. The van der Waals surface area contributed by atoms with Gasteiger partial charge in [-0.15, -0.1) is 0 Å². The molecule has 0 radical (unpaired) electrons. The lowest BCUT2D eigenvalue weighted by atomic mass is 10.1. The van der Waals surface area contributed by atoms with Gasteiger partial charge in [-0.25, -0.2) is 9.97 Å². The molecule has 0 spiro atoms. The highest BCUT2D eigenvalue weighted by molar-refractivity contribution is 6.33. The number of carbonyl (C=O) groups excluding carboxylic acids is 1. The number of nitrogens with zero attached hydrogens (tertiary/aromatic N) is 4. The standard InChI is InChI=1S/C23H27ClN6O2/c1-15-21(22(29-32-15)17-8-4-5-9-18(17)24)23(31)26-11-10-25-19-14-20(28-16(2)27-19)30-12-6-3-7-13-30/h4-5,8-9,14H,3,6-7,10-13H2,1-2H3,(H,26,31)(H,25,27,28). The predicted octanol–water partition coefficient (Wildman–Crippen LogP) is 4.23. The van der Waals surface area contributed by atoms with Gasteiger partial charge < -0.3 is 20.1 Å². The van der Waals surface area contributed by atoms with Crippen molar-refractivity contribution in [2.24, 2.45) is 0 Å². The average Bonchev–Trinajstić information content (AvgIpc) is 3.18. The summed E-state index contributed by atoms with van der Waals surface area (Å²) in [6, 6.07) is 9.22. The molecule has 168 valence electrons. The van der Waals surface area contributed by atoms with Crippen molar-refractivity contribution < 1.29 is 9.32 Å². The molecule has 1 fully saturated rings. The number of hydrogen-bond donors (Lipinski definition) is 2. The van der Waals surface area contributed by atoms with Crippen LogP contribution < -0.4 is 15.5 Å². The zero-order valence-corrected chi connectivity index (χ0v) is 19.1. The lowest BCUT2D eigenvalue weighted by Crippen LogP contribution is -2.31. The van der Waals surface area contributed by atoms with Gasteiger partial charge in [0.15, 0.2) is 0 Å². The maximum atomic E-state index is 12.8. The number of anilines is 2. The summed E-state index contributed by atoms with van der Waals surface area (Å²) in [6.07, 6.45) is 3.65. The summed E-state index contributed by atoms with van der Waals surface area (Å²) in [5.74, 6) is 2.62. The van der Waals surface area contributed by atoms with Gasteiger partial charge >= 0.3 is 0 Å². The van der Waals surface area contributed by atoms with E-state index in [0.29, 0.717) is 40.7 Å². The Morgan fingerprint density at radius 3 is 2.69 bits per heavy atom. The smallest absolute Gasteiger partial charge is 0.257 e. The summed E-state index contributed by atoms with van der Waals surface area (Å²) < 4.78 is 5.28. The predicted molar refractivity (Wildman–Crippen MR) is 125 cm³/mol. The molecule has 0 bridgehead atoms. The lowest BCUT2D eigenvalue weighted by molar-refractivity contribution is 0.0954. The maximum Gasteiger partial charge on any atom is 0.257 e. The van der Waals surface area contributed by atoms with Crippen LogP contribution in [0.2, 0.25) is 5.02 Å². The minimum absolute atomic E-state index is 0.256. The molecular formula is C23H27ClN6O2. The van der Waals surface area contributed by atoms with Crippen molar-refractivity contribution >= 4 is 29.1 Å². The van der Waals surface area contributed by atoms with Gasteiger partial charge in [0.1, 0.15) is 34.5 Å². The van der Waals surface area contributed by atoms with E-state index >= 15 is 0 Å². The second kappa shape index (κ2) is 9.99. The normalized spacial score (nSPS) is 13.8. The van der Waals surface area contributed by atoms with E-state index in [-0.39, 0.29) is 5.91 Å². The number of rotatable bonds is 7. The number of halogens is 1. The summed E-state index contributed by atoms with van der Waals surface area (Å²) in [5, 5.41) is 10.8. The van der Waals surface area contributed by atoms with Gasteiger partial charge in [0.25, 0.3) is 5.91 Å². The summed E-state index contributed by atoms with van der Waals surface area (Å²) in [7, 11) is 0. The summed E-state index contributed by atoms with van der Waals surface area (Å²) in [6.45, 7) is 6.59. The van der Waals surface area contributed by atoms with E-state index in [1.165, 1.54) is 19.3 Å². The number of nitrogens with one attached hydrogen (secondary N) is 2. The Morgan fingerprint density at radius 1 is 1.12 bits per heavy atom. The van der Waals surface area contributed by atoms with Gasteiger partial charge in [-0.2, -0.15) is 0 Å². The molecule has 1 aromatic carbocycles. The quantitative estimate of drug-likeness (QED) is 0.515. The van der Waals surface area contributed by atoms with Gasteiger partial charge in [0.05, 0.1) is 5.02 Å². The highest BCUT2D eigenvalue weighted by Gasteiger charge is 2.22. The fraction of sp³-hybridized carbons (Fsp3) is 0.391. The molecule has 2 aromatic heterocycles. The second-order valence-electron chi connectivity index (χ2n) is 7.83. The average molecular weight is 455 g/mol. The summed E-state index contributed by atoms with van der Waals surface area (Å²) >= 11 is 6.28. The Hall–Kier alpha value is -3.13. The third kappa shape index (κ3) is 5.02. The first-order valence-corrected chi connectivity index (χ1v) is 11.2. The monoisotopic (exact) mass is 454 g/mol. The molecule has 1 saturated heterocycles. The minimum atomic E-state index is -0.256. The van der Waals surface area contributed by atoms with Crippen LogP contribution in [0.5, 0.6) is 0 Å². The van der Waals surface area contributed by atoms with Gasteiger partial charge in [0.2, 0.25) is 0 Å². The van der Waals surface area contributed by atoms with Crippen LogP contribution in [0.1, 0.15) is 41.2 Å². The molecule has 32 heavy (non-hydrogen) atoms. The third-order valence-electron chi connectivity index (χ3n) is 5.44. The number of carbonyl (C=O) groups is 1. The number of piperidine rings is 1. The van der Waals surface area contributed by atoms with E-state index < -0.39 is 0 Å². The van der Waals surface area contributed by atoms with Crippen LogP contribution >= 0.6 is 11.6 Å². The van der Waals surface area contributed by atoms with Crippen LogP contribution in [0.3, 0.4) is 0 Å². The topological polar surface area (TPSA) is 96.2 Å². The first-order chi connectivity index (χ1) is 15.5. The van der Waals surface area contributed by atoms with Crippen molar-refractivity contribution in [2.75, 3.05) is 36.4 Å². The SMILES string of the molecule is Cc1nc(NCCNC(=O)c2c(-c3ccccc3Cl)noc2C)cc(N2CCCCC2)n1. The van der Waals surface area contributed by atoms with Gasteiger partial charge in [-0.3, -0.25) is 4.79 Å². The molecule has 2 N–H and O–H groups in total. The Balaban J connectivity index is 1.37. The van der Waals surface area contributed by atoms with Crippen molar-refractivity contribution in [3.8, 4) is 11.3 Å². The van der Waals surface area contributed by atoms with Crippen molar-refractivity contribution in [2.45, 2.75) is 33.1 Å². The second-order valence-corrected chi connectivity index (χ2v) is 8.24. The van der Waals surface area contributed by atoms with E-state index in [4.69, 9.17) is 16.1 Å². The van der Waals surface area contributed by atoms with Gasteiger partial charge in [0, 0.05) is 37.8 Å². The van der Waals surface area contributed by atoms with Gasteiger partial charge in [-0.1, -0.05) is 35.0 Å². The van der Waals surface area contributed by atoms with E-state index in [0.717, 1.165) is 30.5 Å². The van der Waals surface area contributed by atoms with Crippen molar-refractivity contribution in [3.05, 3.63) is 52.5 Å². The number of hydrogen-bond acceptors (Lipinski definition) is 7. The van der Waals surface area contributed by atoms with Crippen molar-refractivity contribution in [1.82, 2.24) is 20.4 Å². The highest BCUT2D eigenvalue weighted by Crippen LogP contribution is 2.30. The van der Waals surface area contributed by atoms with Crippen LogP contribution in [0.25, 0.3) is 11.3 Å². The van der Waals surface area contributed by atoms with Crippen LogP contribution in [0.4, 0.5) is 11.6 Å². The molecule has 0 aliphatic carbocycles. The molecule has 8 nitrogen and oxygen atoms in total. The summed E-state index contributed by atoms with van der Waals surface area (Å²) in [4.78, 5) is 24.2. The van der Waals surface area contributed by atoms with E-state index in [9.17, 15) is 4.79 Å². The zero-order valence-electron chi connectivity index (χ0n) is 18.3. The Kier molecular flexibility index (Phi) is 6.90. The first kappa shape index (κ1) is 22.1. The Bertz CT molecular complexity index is 1090. The Labute approximate surface area is 192 Å². The highest BCUT2D eigenvalue weighted by atomic mass is 35.5. The zero-order chi connectivity index (χ0) is 22.5. The minimum Gasteiger partial charge on any atom is -0.368 e. The van der Waals surface area contributed by atoms with Crippen molar-refractivity contribution in [3.63, 3.8) is 0 Å². The molecule has 3 aromatic rings. The molecule has 1 aliphatic heterocycles. The molecule has 0 atom stereocenters. The van der Waals surface area contributed by atoms with Crippen LogP contribution in [0, 0.1) is 13.8 Å². The number of amides is 1. The molecule has 3 heterocycles. The van der Waals surface area contributed by atoms with E-state index in [1.807, 2.05) is 31.2 Å². The molecule has 4 rings (SSSR count). The van der Waals surface area contributed by atoms with E-state index in [1.54, 1.807) is 13.0 Å². The van der Waals surface area contributed by atoms with Gasteiger partial charge in [-0.05, 0) is 39.2 Å². The number of benzene rings is 1. The molecule has 9 heteroatoms. The maximum absolute atomic E-state index is 12.8.